The van der Waals surface area contributed by atoms with Crippen molar-refractivity contribution in [1.29, 1.82) is 0 Å². The van der Waals surface area contributed by atoms with E-state index in [0.717, 1.165) is 32.1 Å². The minimum atomic E-state index is -0.181. The fraction of sp³-hybridized carbons (Fsp3) is 0.833. The molecule has 1 rings (SSSR count). The summed E-state index contributed by atoms with van der Waals surface area (Å²) in [5.41, 5.74) is 5.24. The van der Waals surface area contributed by atoms with E-state index in [-0.39, 0.29) is 23.2 Å². The van der Waals surface area contributed by atoms with Gasteiger partial charge in [-0.1, -0.05) is 24.9 Å². The predicted octanol–water partition coefficient (Wildman–Crippen LogP) is 1.60. The molecule has 5 heteroatoms. The molecule has 0 aromatic carbocycles. The Bertz CT molecular complexity index is 296. The second-order valence-corrected chi connectivity index (χ2v) is 5.01. The van der Waals surface area contributed by atoms with Crippen LogP contribution in [0.25, 0.3) is 0 Å². The highest BCUT2D eigenvalue weighted by Gasteiger charge is 2.39. The number of carbonyl (C=O) groups is 1. The fourth-order valence-corrected chi connectivity index (χ4v) is 2.58. The first-order valence-electron chi connectivity index (χ1n) is 6.31. The van der Waals surface area contributed by atoms with Crippen molar-refractivity contribution in [1.82, 2.24) is 5.32 Å². The molecule has 0 bridgehead atoms. The van der Waals surface area contributed by atoms with E-state index in [0.29, 0.717) is 6.42 Å². The Balaban J connectivity index is 2.53. The summed E-state index contributed by atoms with van der Waals surface area (Å²) in [5, 5.41) is 14.4. The third-order valence-corrected chi connectivity index (χ3v) is 3.74. The highest BCUT2D eigenvalue weighted by atomic mass is 16.4. The van der Waals surface area contributed by atoms with Gasteiger partial charge in [-0.25, -0.2) is 0 Å². The third kappa shape index (κ3) is 3.35. The van der Waals surface area contributed by atoms with Gasteiger partial charge < -0.3 is 16.3 Å². The van der Waals surface area contributed by atoms with Gasteiger partial charge in [-0.05, 0) is 26.2 Å². The number of rotatable bonds is 5. The molecule has 1 amide bonds. The van der Waals surface area contributed by atoms with Gasteiger partial charge in [0.05, 0.1) is 0 Å². The molecule has 1 saturated carbocycles. The summed E-state index contributed by atoms with van der Waals surface area (Å²) >= 11 is 0. The van der Waals surface area contributed by atoms with Crippen molar-refractivity contribution in [2.24, 2.45) is 16.3 Å². The topological polar surface area (TPSA) is 87.7 Å². The van der Waals surface area contributed by atoms with Crippen molar-refractivity contribution in [3.63, 3.8) is 0 Å². The Morgan fingerprint density at radius 1 is 1.53 bits per heavy atom. The van der Waals surface area contributed by atoms with Crippen LogP contribution in [0.5, 0.6) is 0 Å². The highest BCUT2D eigenvalue weighted by molar-refractivity contribution is 5.85. The Labute approximate surface area is 102 Å². The van der Waals surface area contributed by atoms with Crippen LogP contribution in [0, 0.1) is 5.41 Å². The fourth-order valence-electron chi connectivity index (χ4n) is 2.58. The Kier molecular flexibility index (Phi) is 4.78. The summed E-state index contributed by atoms with van der Waals surface area (Å²) in [6.45, 7) is 3.94. The number of amidine groups is 1. The average molecular weight is 241 g/mol. The normalized spacial score (nSPS) is 21.2. The maximum atomic E-state index is 12.2. The van der Waals surface area contributed by atoms with Crippen LogP contribution in [0.2, 0.25) is 0 Å². The van der Waals surface area contributed by atoms with Crippen LogP contribution < -0.4 is 11.1 Å². The Morgan fingerprint density at radius 3 is 2.59 bits per heavy atom. The monoisotopic (exact) mass is 241 g/mol. The lowest BCUT2D eigenvalue weighted by molar-refractivity contribution is -0.131. The van der Waals surface area contributed by atoms with E-state index in [4.69, 9.17) is 10.9 Å². The molecule has 0 aromatic heterocycles. The van der Waals surface area contributed by atoms with E-state index in [1.54, 1.807) is 0 Å². The molecule has 0 saturated heterocycles. The Morgan fingerprint density at radius 2 is 2.12 bits per heavy atom. The van der Waals surface area contributed by atoms with Crippen molar-refractivity contribution in [2.75, 3.05) is 0 Å². The number of carbonyl (C=O) groups excluding carboxylic acids is 1. The summed E-state index contributed by atoms with van der Waals surface area (Å²) in [7, 11) is 0. The van der Waals surface area contributed by atoms with E-state index in [9.17, 15) is 4.79 Å². The van der Waals surface area contributed by atoms with E-state index in [1.807, 2.05) is 6.92 Å². The van der Waals surface area contributed by atoms with Crippen LogP contribution in [0.3, 0.4) is 0 Å². The average Bonchev–Trinajstić information content (AvgIpc) is 2.78. The van der Waals surface area contributed by atoms with Gasteiger partial charge in [-0.2, -0.15) is 0 Å². The van der Waals surface area contributed by atoms with Crippen molar-refractivity contribution >= 4 is 11.7 Å². The second-order valence-electron chi connectivity index (χ2n) is 5.01. The first kappa shape index (κ1) is 13.8. The molecular weight excluding hydrogens is 218 g/mol. The van der Waals surface area contributed by atoms with E-state index < -0.39 is 0 Å². The molecule has 1 aliphatic rings. The lowest BCUT2D eigenvalue weighted by Crippen LogP contribution is -2.44. The number of hydrogen-bond donors (Lipinski definition) is 3. The van der Waals surface area contributed by atoms with Gasteiger partial charge in [-0.3, -0.25) is 4.79 Å². The Hall–Kier alpha value is -1.26. The maximum absolute atomic E-state index is 12.2. The number of nitrogens with zero attached hydrogens (tertiary/aromatic N) is 1. The molecule has 5 nitrogen and oxygen atoms in total. The molecule has 1 atom stereocenters. The number of nitrogens with two attached hydrogens (primary N) is 1. The molecule has 17 heavy (non-hydrogen) atoms. The van der Waals surface area contributed by atoms with Crippen molar-refractivity contribution in [3.05, 3.63) is 0 Å². The molecule has 0 aliphatic heterocycles. The van der Waals surface area contributed by atoms with Gasteiger partial charge in [0.25, 0.3) is 0 Å². The van der Waals surface area contributed by atoms with Gasteiger partial charge in [0.2, 0.25) is 5.91 Å². The smallest absolute Gasteiger partial charge is 0.226 e. The third-order valence-electron chi connectivity index (χ3n) is 3.74. The number of amides is 1. The summed E-state index contributed by atoms with van der Waals surface area (Å²) in [5.74, 6) is 0.269. The minimum absolute atomic E-state index is 0.0950. The number of hydrogen-bond acceptors (Lipinski definition) is 3. The lowest BCUT2D eigenvalue weighted by atomic mass is 9.82. The molecule has 1 aliphatic carbocycles. The van der Waals surface area contributed by atoms with Gasteiger partial charge in [0.15, 0.2) is 0 Å². The molecule has 0 spiro atoms. The maximum Gasteiger partial charge on any atom is 0.226 e. The van der Waals surface area contributed by atoms with Crippen LogP contribution in [0.1, 0.15) is 52.4 Å². The summed E-state index contributed by atoms with van der Waals surface area (Å²) in [6.07, 6.45) is 5.49. The highest BCUT2D eigenvalue weighted by Crippen LogP contribution is 2.41. The standard InChI is InChI=1S/C12H23N3O2/c1-3-12(6-4-5-7-12)11(16)14-9(2)8-10(13)15-17/h9,17H,3-8H2,1-2H3,(H2,13,15)(H,14,16). The summed E-state index contributed by atoms with van der Waals surface area (Å²) in [4.78, 5) is 12.2. The second kappa shape index (κ2) is 5.89. The molecule has 1 fully saturated rings. The number of nitrogens with one attached hydrogen (secondary N) is 1. The lowest BCUT2D eigenvalue weighted by Gasteiger charge is -2.28. The molecular formula is C12H23N3O2. The van der Waals surface area contributed by atoms with Crippen molar-refractivity contribution < 1.29 is 10.0 Å². The zero-order valence-electron chi connectivity index (χ0n) is 10.7. The first-order chi connectivity index (χ1) is 8.04. The van der Waals surface area contributed by atoms with Crippen LogP contribution in [-0.4, -0.2) is 23.0 Å². The van der Waals surface area contributed by atoms with Crippen LogP contribution >= 0.6 is 0 Å². The van der Waals surface area contributed by atoms with Crippen molar-refractivity contribution in [2.45, 2.75) is 58.4 Å². The minimum Gasteiger partial charge on any atom is -0.409 e. The molecule has 0 aromatic rings. The van der Waals surface area contributed by atoms with Gasteiger partial charge in [-0.15, -0.1) is 0 Å². The predicted molar refractivity (Wildman–Crippen MR) is 66.8 cm³/mol. The molecule has 98 valence electrons. The largest absolute Gasteiger partial charge is 0.409 e. The molecule has 1 unspecified atom stereocenters. The van der Waals surface area contributed by atoms with Crippen molar-refractivity contribution in [3.8, 4) is 0 Å². The van der Waals surface area contributed by atoms with E-state index in [2.05, 4.69) is 17.4 Å². The first-order valence-corrected chi connectivity index (χ1v) is 6.31. The SMILES string of the molecule is CCC1(C(=O)NC(C)CC(N)=NO)CCCC1. The number of oxime groups is 1. The quantitative estimate of drug-likeness (QED) is 0.296. The van der Waals surface area contributed by atoms with Gasteiger partial charge in [0, 0.05) is 17.9 Å². The van der Waals surface area contributed by atoms with Crippen LogP contribution in [-0.2, 0) is 4.79 Å². The zero-order chi connectivity index (χ0) is 12.9. The summed E-state index contributed by atoms with van der Waals surface area (Å²) in [6, 6.07) is -0.0950. The zero-order valence-corrected chi connectivity index (χ0v) is 10.7. The van der Waals surface area contributed by atoms with Gasteiger partial charge in [0.1, 0.15) is 5.84 Å². The molecule has 0 heterocycles. The van der Waals surface area contributed by atoms with Crippen LogP contribution in [0.4, 0.5) is 0 Å². The molecule has 4 N–H and O–H groups in total. The van der Waals surface area contributed by atoms with Crippen LogP contribution in [0.15, 0.2) is 5.16 Å². The molecule has 0 radical (unpaired) electrons. The van der Waals surface area contributed by atoms with E-state index >= 15 is 0 Å². The van der Waals surface area contributed by atoms with Gasteiger partial charge >= 0.3 is 0 Å². The summed E-state index contributed by atoms with van der Waals surface area (Å²) < 4.78 is 0. The van der Waals surface area contributed by atoms with E-state index in [1.165, 1.54) is 0 Å².